The van der Waals surface area contributed by atoms with Crippen molar-refractivity contribution >= 4 is 16.9 Å². The monoisotopic (exact) mass is 340 g/mol. The Bertz CT molecular complexity index is 711. The van der Waals surface area contributed by atoms with Crippen molar-refractivity contribution in [2.75, 3.05) is 0 Å². The molecule has 25 heavy (non-hydrogen) atoms. The molecule has 4 rings (SSSR count). The number of nitrogens with one attached hydrogen (secondary N) is 3. The predicted octanol–water partition coefficient (Wildman–Crippen LogP) is 4.22. The lowest BCUT2D eigenvalue weighted by molar-refractivity contribution is 0.223. The summed E-state index contributed by atoms with van der Waals surface area (Å²) < 4.78 is 0. The smallest absolute Gasteiger partial charge is 0.315 e. The summed E-state index contributed by atoms with van der Waals surface area (Å²) >= 11 is 0. The maximum absolute atomic E-state index is 12.2. The van der Waals surface area contributed by atoms with Crippen molar-refractivity contribution in [3.63, 3.8) is 0 Å². The van der Waals surface area contributed by atoms with Crippen LogP contribution in [0, 0.1) is 0 Å². The average molecular weight is 340 g/mol. The fourth-order valence-electron chi connectivity index (χ4n) is 4.48. The third kappa shape index (κ3) is 3.80. The molecule has 1 aromatic carbocycles. The molecule has 2 fully saturated rings. The van der Waals surface area contributed by atoms with E-state index in [1.807, 2.05) is 6.07 Å². The maximum Gasteiger partial charge on any atom is 0.315 e. The Morgan fingerprint density at radius 1 is 0.920 bits per heavy atom. The van der Waals surface area contributed by atoms with Crippen molar-refractivity contribution in [1.82, 2.24) is 20.8 Å². The molecule has 0 aliphatic heterocycles. The van der Waals surface area contributed by atoms with Gasteiger partial charge in [0.1, 0.15) is 0 Å². The molecule has 1 aromatic heterocycles. The highest BCUT2D eigenvalue weighted by molar-refractivity contribution is 5.81. The molecule has 0 radical (unpaired) electrons. The molecular formula is C20H28N4O. The number of para-hydroxylation sites is 1. The van der Waals surface area contributed by atoms with Gasteiger partial charge in [-0.3, -0.25) is 5.10 Å². The van der Waals surface area contributed by atoms with Crippen LogP contribution in [-0.4, -0.2) is 28.3 Å². The number of benzene rings is 1. The zero-order chi connectivity index (χ0) is 17.1. The summed E-state index contributed by atoms with van der Waals surface area (Å²) in [7, 11) is 0. The number of rotatable bonds is 3. The molecule has 1 heterocycles. The Kier molecular flexibility index (Phi) is 4.90. The molecule has 2 aliphatic carbocycles. The van der Waals surface area contributed by atoms with E-state index in [1.54, 1.807) is 0 Å². The Labute approximate surface area is 149 Å². The Morgan fingerprint density at radius 2 is 1.60 bits per heavy atom. The molecule has 0 atom stereocenters. The maximum atomic E-state index is 12.2. The standard InChI is InChI=1S/C20H28N4O/c25-20(21-15-6-2-1-3-7-15)22-16-12-10-14(11-13-16)19-17-8-4-5-9-18(17)23-24-19/h4-5,8-9,14-16H,1-3,6-7,10-13H2,(H,23,24)(H2,21,22,25). The van der Waals surface area contributed by atoms with Gasteiger partial charge in [-0.15, -0.1) is 0 Å². The van der Waals surface area contributed by atoms with Gasteiger partial charge in [0.25, 0.3) is 0 Å². The lowest BCUT2D eigenvalue weighted by Crippen LogP contribution is -2.47. The van der Waals surface area contributed by atoms with Gasteiger partial charge in [-0.1, -0.05) is 37.5 Å². The van der Waals surface area contributed by atoms with Crippen molar-refractivity contribution in [3.8, 4) is 0 Å². The zero-order valence-corrected chi connectivity index (χ0v) is 14.8. The first-order valence-electron chi connectivity index (χ1n) is 9.79. The molecule has 5 heteroatoms. The lowest BCUT2D eigenvalue weighted by Gasteiger charge is -2.30. The van der Waals surface area contributed by atoms with Crippen molar-refractivity contribution in [1.29, 1.82) is 0 Å². The zero-order valence-electron chi connectivity index (χ0n) is 14.8. The quantitative estimate of drug-likeness (QED) is 0.783. The summed E-state index contributed by atoms with van der Waals surface area (Å²) in [6.07, 6.45) is 10.3. The third-order valence-electron chi connectivity index (χ3n) is 5.90. The fourth-order valence-corrected chi connectivity index (χ4v) is 4.48. The summed E-state index contributed by atoms with van der Waals surface area (Å²) in [4.78, 5) is 12.2. The van der Waals surface area contributed by atoms with E-state index in [0.29, 0.717) is 18.0 Å². The van der Waals surface area contributed by atoms with Crippen LogP contribution < -0.4 is 10.6 Å². The minimum atomic E-state index is 0.0299. The van der Waals surface area contributed by atoms with E-state index in [2.05, 4.69) is 39.0 Å². The number of nitrogens with zero attached hydrogens (tertiary/aromatic N) is 1. The van der Waals surface area contributed by atoms with Gasteiger partial charge in [0.05, 0.1) is 5.52 Å². The van der Waals surface area contributed by atoms with Crippen molar-refractivity contribution in [2.24, 2.45) is 0 Å². The summed E-state index contributed by atoms with van der Waals surface area (Å²) in [5.41, 5.74) is 2.31. The van der Waals surface area contributed by atoms with E-state index in [9.17, 15) is 4.79 Å². The molecule has 3 N–H and O–H groups in total. The molecule has 2 amide bonds. The van der Waals surface area contributed by atoms with Gasteiger partial charge >= 0.3 is 6.03 Å². The average Bonchev–Trinajstić information content (AvgIpc) is 3.07. The van der Waals surface area contributed by atoms with Crippen LogP contribution >= 0.6 is 0 Å². The molecular weight excluding hydrogens is 312 g/mol. The van der Waals surface area contributed by atoms with Crippen LogP contribution in [0.3, 0.4) is 0 Å². The highest BCUT2D eigenvalue weighted by atomic mass is 16.2. The van der Waals surface area contributed by atoms with E-state index < -0.39 is 0 Å². The normalized spacial score (nSPS) is 25.0. The van der Waals surface area contributed by atoms with Gasteiger partial charge in [-0.05, 0) is 44.6 Å². The minimum Gasteiger partial charge on any atom is -0.335 e. The minimum absolute atomic E-state index is 0.0299. The SMILES string of the molecule is O=C(NC1CCCCC1)NC1CCC(c2[nH]nc3ccccc23)CC1. The Morgan fingerprint density at radius 3 is 2.36 bits per heavy atom. The lowest BCUT2D eigenvalue weighted by atomic mass is 9.83. The topological polar surface area (TPSA) is 69.8 Å². The third-order valence-corrected chi connectivity index (χ3v) is 5.90. The van der Waals surface area contributed by atoms with Crippen LogP contribution in [0.1, 0.15) is 69.4 Å². The van der Waals surface area contributed by atoms with Crippen LogP contribution in [0.4, 0.5) is 4.79 Å². The number of hydrogen-bond donors (Lipinski definition) is 3. The second-order valence-corrected chi connectivity index (χ2v) is 7.66. The number of H-pyrrole nitrogens is 1. The first-order valence-corrected chi connectivity index (χ1v) is 9.79. The fraction of sp³-hybridized carbons (Fsp3) is 0.600. The second kappa shape index (κ2) is 7.46. The number of amides is 2. The molecule has 0 bridgehead atoms. The van der Waals surface area contributed by atoms with Gasteiger partial charge in [0, 0.05) is 29.1 Å². The van der Waals surface area contributed by atoms with Crippen molar-refractivity contribution in [2.45, 2.75) is 75.8 Å². The summed E-state index contributed by atoms with van der Waals surface area (Å²) in [6.45, 7) is 0. The number of aromatic nitrogens is 2. The van der Waals surface area contributed by atoms with E-state index in [4.69, 9.17) is 0 Å². The number of hydrogen-bond acceptors (Lipinski definition) is 2. The molecule has 5 nitrogen and oxygen atoms in total. The van der Waals surface area contributed by atoms with Gasteiger partial charge in [0.15, 0.2) is 0 Å². The van der Waals surface area contributed by atoms with Gasteiger partial charge in [0.2, 0.25) is 0 Å². The highest BCUT2D eigenvalue weighted by Gasteiger charge is 2.26. The molecule has 2 saturated carbocycles. The molecule has 2 aliphatic rings. The molecule has 0 spiro atoms. The van der Waals surface area contributed by atoms with Gasteiger partial charge in [-0.2, -0.15) is 5.10 Å². The van der Waals surface area contributed by atoms with Crippen LogP contribution in [0.2, 0.25) is 0 Å². The van der Waals surface area contributed by atoms with E-state index in [1.165, 1.54) is 30.3 Å². The van der Waals surface area contributed by atoms with Crippen LogP contribution in [0.25, 0.3) is 10.9 Å². The summed E-state index contributed by atoms with van der Waals surface area (Å²) in [5.74, 6) is 0.520. The molecule has 134 valence electrons. The van der Waals surface area contributed by atoms with E-state index in [-0.39, 0.29) is 6.03 Å². The molecule has 0 saturated heterocycles. The largest absolute Gasteiger partial charge is 0.335 e. The second-order valence-electron chi connectivity index (χ2n) is 7.66. The van der Waals surface area contributed by atoms with Crippen molar-refractivity contribution in [3.05, 3.63) is 30.0 Å². The van der Waals surface area contributed by atoms with Crippen LogP contribution in [-0.2, 0) is 0 Å². The molecule has 2 aromatic rings. The van der Waals surface area contributed by atoms with E-state index in [0.717, 1.165) is 44.0 Å². The first-order chi connectivity index (χ1) is 12.3. The first kappa shape index (κ1) is 16.4. The number of fused-ring (bicyclic) bond motifs is 1. The number of carbonyl (C=O) groups excluding carboxylic acids is 1. The van der Waals surface area contributed by atoms with E-state index >= 15 is 0 Å². The van der Waals surface area contributed by atoms with Gasteiger partial charge in [-0.25, -0.2) is 4.79 Å². The van der Waals surface area contributed by atoms with Crippen LogP contribution in [0.15, 0.2) is 24.3 Å². The highest BCUT2D eigenvalue weighted by Crippen LogP contribution is 2.35. The predicted molar refractivity (Wildman–Crippen MR) is 99.6 cm³/mol. The van der Waals surface area contributed by atoms with Crippen molar-refractivity contribution < 1.29 is 4.79 Å². The summed E-state index contributed by atoms with van der Waals surface area (Å²) in [5, 5.41) is 15.3. The summed E-state index contributed by atoms with van der Waals surface area (Å²) in [6, 6.07) is 9.01. The Hall–Kier alpha value is -2.04. The van der Waals surface area contributed by atoms with Crippen LogP contribution in [0.5, 0.6) is 0 Å². The number of urea groups is 1. The number of aromatic amines is 1. The Balaban J connectivity index is 1.28. The number of carbonyl (C=O) groups is 1. The molecule has 0 unspecified atom stereocenters. The van der Waals surface area contributed by atoms with Gasteiger partial charge < -0.3 is 10.6 Å².